The van der Waals surface area contributed by atoms with E-state index in [1.165, 1.54) is 66.4 Å². The molecular weight excluding hydrogens is 360 g/mol. The van der Waals surface area contributed by atoms with E-state index in [0.29, 0.717) is 0 Å². The van der Waals surface area contributed by atoms with Crippen molar-refractivity contribution in [2.75, 3.05) is 0 Å². The van der Waals surface area contributed by atoms with E-state index in [-0.39, 0.29) is 0 Å². The molecule has 30 heavy (non-hydrogen) atoms. The lowest BCUT2D eigenvalue weighted by atomic mass is 9.91. The van der Waals surface area contributed by atoms with E-state index in [4.69, 9.17) is 0 Å². The first-order chi connectivity index (χ1) is 14.9. The molecule has 0 saturated carbocycles. The molecule has 0 atom stereocenters. The Morgan fingerprint density at radius 1 is 0.267 bits per heavy atom. The summed E-state index contributed by atoms with van der Waals surface area (Å²) in [5.74, 6) is 0. The molecule has 0 heterocycles. The predicted octanol–water partition coefficient (Wildman–Crippen LogP) is 7.81. The summed E-state index contributed by atoms with van der Waals surface area (Å²) >= 11 is 0. The van der Waals surface area contributed by atoms with Crippen LogP contribution in [0.1, 0.15) is 22.3 Å². The van der Waals surface area contributed by atoms with Gasteiger partial charge in [0.15, 0.2) is 0 Å². The minimum atomic E-state index is 1.29. The Balaban J connectivity index is 1.68. The molecule has 0 nitrogen and oxygen atoms in total. The second-order valence-corrected chi connectivity index (χ2v) is 8.13. The first-order valence-electron chi connectivity index (χ1n) is 10.5. The van der Waals surface area contributed by atoms with Crippen molar-refractivity contribution in [3.63, 3.8) is 0 Å². The van der Waals surface area contributed by atoms with Gasteiger partial charge in [-0.15, -0.1) is 0 Å². The smallest absolute Gasteiger partial charge is 0.00137 e. The van der Waals surface area contributed by atoms with Gasteiger partial charge >= 0.3 is 0 Å². The highest BCUT2D eigenvalue weighted by molar-refractivity contribution is 6.19. The Morgan fingerprint density at radius 3 is 1.10 bits per heavy atom. The molecule has 0 spiro atoms. The van der Waals surface area contributed by atoms with Crippen molar-refractivity contribution in [2.45, 2.75) is 0 Å². The first kappa shape index (κ1) is 16.0. The highest BCUT2D eigenvalue weighted by atomic mass is 14.3. The predicted molar refractivity (Wildman–Crippen MR) is 126 cm³/mol. The van der Waals surface area contributed by atoms with E-state index in [1.54, 1.807) is 0 Å². The fourth-order valence-electron chi connectivity index (χ4n) is 5.31. The van der Waals surface area contributed by atoms with Crippen LogP contribution in [-0.2, 0) is 0 Å². The van der Waals surface area contributed by atoms with Crippen LogP contribution < -0.4 is 0 Å². The summed E-state index contributed by atoms with van der Waals surface area (Å²) in [6.07, 6.45) is 0. The summed E-state index contributed by atoms with van der Waals surface area (Å²) < 4.78 is 0. The Kier molecular flexibility index (Phi) is 3.09. The summed E-state index contributed by atoms with van der Waals surface area (Å²) in [4.78, 5) is 0. The van der Waals surface area contributed by atoms with Gasteiger partial charge in [-0.25, -0.2) is 0 Å². The zero-order valence-electron chi connectivity index (χ0n) is 16.4. The van der Waals surface area contributed by atoms with Crippen molar-refractivity contribution in [3.05, 3.63) is 131 Å². The molecule has 5 aromatic rings. The van der Waals surface area contributed by atoms with Crippen molar-refractivity contribution < 1.29 is 0 Å². The maximum atomic E-state index is 2.39. The lowest BCUT2D eigenvalue weighted by Gasteiger charge is -2.12. The number of fused-ring (bicyclic) bond motifs is 7. The van der Waals surface area contributed by atoms with Crippen LogP contribution >= 0.6 is 0 Å². The second-order valence-electron chi connectivity index (χ2n) is 8.13. The van der Waals surface area contributed by atoms with Gasteiger partial charge in [-0.05, 0) is 78.6 Å². The molecule has 2 aliphatic carbocycles. The molecule has 2 aliphatic rings. The van der Waals surface area contributed by atoms with Crippen LogP contribution in [0.25, 0.3) is 44.2 Å². The van der Waals surface area contributed by atoms with Crippen LogP contribution in [0.4, 0.5) is 0 Å². The molecule has 0 fully saturated rings. The summed E-state index contributed by atoms with van der Waals surface area (Å²) in [5.41, 5.74) is 13.4. The maximum absolute atomic E-state index is 2.39. The summed E-state index contributed by atoms with van der Waals surface area (Å²) in [6, 6.07) is 40.0. The average Bonchev–Trinajstić information content (AvgIpc) is 3.30. The largest absolute Gasteiger partial charge is 0.0616 e. The third kappa shape index (κ3) is 2.00. The van der Waals surface area contributed by atoms with Crippen LogP contribution in [-0.4, -0.2) is 0 Å². The van der Waals surface area contributed by atoms with Crippen molar-refractivity contribution in [3.8, 4) is 22.3 Å². The number of hydrogen-bond donors (Lipinski definition) is 0. The van der Waals surface area contributed by atoms with Gasteiger partial charge in [0.05, 0.1) is 0 Å². The Labute approximate surface area is 175 Å². The minimum Gasteiger partial charge on any atom is -0.0616 e. The summed E-state index contributed by atoms with van der Waals surface area (Å²) in [7, 11) is 0. The molecular formula is C30H18. The quantitative estimate of drug-likeness (QED) is 0.252. The number of rotatable bonds is 0. The lowest BCUT2D eigenvalue weighted by molar-refractivity contribution is 1.63. The zero-order valence-corrected chi connectivity index (χ0v) is 16.4. The highest BCUT2D eigenvalue weighted by Crippen LogP contribution is 2.54. The molecule has 138 valence electrons. The first-order valence-corrected chi connectivity index (χ1v) is 10.5. The Hall–Kier alpha value is -3.90. The standard InChI is InChI=1S/C30H18/c1-2-10-20-18-28-27(17-19(20)9-1)23-13-5-8-16-26(23)30(28)29-24-14-6-3-11-21(24)22-12-4-7-15-25(22)29/h1-18H. The minimum absolute atomic E-state index is 1.29. The molecule has 0 radical (unpaired) electrons. The topological polar surface area (TPSA) is 0 Å². The fourth-order valence-corrected chi connectivity index (χ4v) is 5.31. The number of hydrogen-bond acceptors (Lipinski definition) is 0. The molecule has 0 bridgehead atoms. The van der Waals surface area contributed by atoms with Crippen molar-refractivity contribution in [2.24, 2.45) is 0 Å². The summed E-state index contributed by atoms with van der Waals surface area (Å²) in [5, 5.41) is 2.59. The Morgan fingerprint density at radius 2 is 0.600 bits per heavy atom. The van der Waals surface area contributed by atoms with Gasteiger partial charge in [-0.1, -0.05) is 97.1 Å². The van der Waals surface area contributed by atoms with Gasteiger partial charge < -0.3 is 0 Å². The molecule has 0 N–H and O–H groups in total. The molecule has 5 aromatic carbocycles. The monoisotopic (exact) mass is 378 g/mol. The number of benzene rings is 5. The van der Waals surface area contributed by atoms with E-state index in [9.17, 15) is 0 Å². The van der Waals surface area contributed by atoms with Gasteiger partial charge in [0.1, 0.15) is 0 Å². The van der Waals surface area contributed by atoms with Gasteiger partial charge in [0, 0.05) is 0 Å². The molecule has 0 amide bonds. The van der Waals surface area contributed by atoms with Crippen LogP contribution in [0.3, 0.4) is 0 Å². The van der Waals surface area contributed by atoms with Gasteiger partial charge in [-0.3, -0.25) is 0 Å². The summed E-state index contributed by atoms with van der Waals surface area (Å²) in [6.45, 7) is 0. The normalized spacial score (nSPS) is 13.2. The van der Waals surface area contributed by atoms with E-state index in [2.05, 4.69) is 109 Å². The van der Waals surface area contributed by atoms with Crippen molar-refractivity contribution in [1.29, 1.82) is 0 Å². The average molecular weight is 378 g/mol. The fraction of sp³-hybridized carbons (Fsp3) is 0. The zero-order chi connectivity index (χ0) is 19.7. The lowest BCUT2D eigenvalue weighted by Crippen LogP contribution is -1.90. The van der Waals surface area contributed by atoms with Crippen LogP contribution in [0.15, 0.2) is 109 Å². The Bertz CT molecular complexity index is 1480. The van der Waals surface area contributed by atoms with Gasteiger partial charge in [-0.2, -0.15) is 0 Å². The third-order valence-electron chi connectivity index (χ3n) is 6.57. The SMILES string of the molecule is c1ccc2c(c1)C(=C1c3ccccc3-c3cc4ccccc4cc31)c1ccccc1-2. The highest BCUT2D eigenvalue weighted by Gasteiger charge is 2.32. The molecule has 0 unspecified atom stereocenters. The third-order valence-corrected chi connectivity index (χ3v) is 6.57. The molecule has 0 aromatic heterocycles. The van der Waals surface area contributed by atoms with Crippen molar-refractivity contribution in [1.82, 2.24) is 0 Å². The van der Waals surface area contributed by atoms with E-state index in [0.717, 1.165) is 0 Å². The van der Waals surface area contributed by atoms with Crippen molar-refractivity contribution >= 4 is 21.9 Å². The van der Waals surface area contributed by atoms with Crippen LogP contribution in [0.5, 0.6) is 0 Å². The molecule has 0 aliphatic heterocycles. The molecule has 7 rings (SSSR count). The molecule has 0 heteroatoms. The van der Waals surface area contributed by atoms with Gasteiger partial charge in [0.25, 0.3) is 0 Å². The van der Waals surface area contributed by atoms with E-state index in [1.807, 2.05) is 0 Å². The van der Waals surface area contributed by atoms with E-state index < -0.39 is 0 Å². The van der Waals surface area contributed by atoms with E-state index >= 15 is 0 Å². The van der Waals surface area contributed by atoms with Gasteiger partial charge in [0.2, 0.25) is 0 Å². The second kappa shape index (κ2) is 5.81. The van der Waals surface area contributed by atoms with Crippen LogP contribution in [0, 0.1) is 0 Å². The molecule has 0 saturated heterocycles. The maximum Gasteiger partial charge on any atom is -0.00137 e. The van der Waals surface area contributed by atoms with Crippen LogP contribution in [0.2, 0.25) is 0 Å².